The van der Waals surface area contributed by atoms with Crippen molar-refractivity contribution in [3.8, 4) is 5.69 Å². The molecule has 2 rings (SSSR count). The van der Waals surface area contributed by atoms with E-state index in [2.05, 4.69) is 81.2 Å². The van der Waals surface area contributed by atoms with Crippen LogP contribution in [0.4, 0.5) is 0 Å². The molecule has 0 fully saturated rings. The van der Waals surface area contributed by atoms with Gasteiger partial charge in [-0.3, -0.25) is 0 Å². The number of aryl methyl sites for hydroxylation is 1. The lowest BCUT2D eigenvalue weighted by Crippen LogP contribution is -2.20. The van der Waals surface area contributed by atoms with Gasteiger partial charge >= 0.3 is 0 Å². The number of benzene rings is 1. The molecule has 1 heterocycles. The summed E-state index contributed by atoms with van der Waals surface area (Å²) in [7, 11) is 0. The molecule has 1 aromatic carbocycles. The second-order valence-electron chi connectivity index (χ2n) is 5.69. The number of hydrogen-bond acceptors (Lipinski definition) is 2. The van der Waals surface area contributed by atoms with Crippen LogP contribution in [0, 0.1) is 19.8 Å². The third-order valence-electron chi connectivity index (χ3n) is 3.34. The minimum atomic E-state index is 0.642. The van der Waals surface area contributed by atoms with E-state index in [0.29, 0.717) is 5.92 Å². The van der Waals surface area contributed by atoms with Gasteiger partial charge in [-0.25, -0.2) is 4.68 Å². The molecule has 5 heteroatoms. The van der Waals surface area contributed by atoms with Crippen molar-refractivity contribution >= 4 is 31.9 Å². The molecule has 0 bridgehead atoms. The molecule has 114 valence electrons. The Bertz CT molecular complexity index is 633. The molecule has 2 aromatic rings. The van der Waals surface area contributed by atoms with Gasteiger partial charge < -0.3 is 5.32 Å². The standard InChI is InChI=1S/C16H21Br2N3/c1-10(2)8-19-9-13-7-14(17)5-6-15(13)21-12(4)16(18)11(3)20-21/h5-7,10,19H,8-9H2,1-4H3. The maximum absolute atomic E-state index is 4.64. The monoisotopic (exact) mass is 413 g/mol. The van der Waals surface area contributed by atoms with E-state index in [9.17, 15) is 0 Å². The summed E-state index contributed by atoms with van der Waals surface area (Å²) in [5.41, 5.74) is 4.50. The number of halogens is 2. The molecule has 0 saturated heterocycles. The third kappa shape index (κ3) is 3.96. The molecular formula is C16H21Br2N3. The normalized spacial score (nSPS) is 11.4. The van der Waals surface area contributed by atoms with E-state index in [-0.39, 0.29) is 0 Å². The summed E-state index contributed by atoms with van der Waals surface area (Å²) in [6.07, 6.45) is 0. The first-order valence-corrected chi connectivity index (χ1v) is 8.70. The molecule has 0 atom stereocenters. The van der Waals surface area contributed by atoms with Gasteiger partial charge in [0.1, 0.15) is 0 Å². The Morgan fingerprint density at radius 3 is 2.52 bits per heavy atom. The largest absolute Gasteiger partial charge is 0.312 e. The van der Waals surface area contributed by atoms with Gasteiger partial charge in [-0.05, 0) is 66.0 Å². The highest BCUT2D eigenvalue weighted by molar-refractivity contribution is 9.10. The highest BCUT2D eigenvalue weighted by Crippen LogP contribution is 2.26. The molecular weight excluding hydrogens is 394 g/mol. The fraction of sp³-hybridized carbons (Fsp3) is 0.438. The minimum absolute atomic E-state index is 0.642. The van der Waals surface area contributed by atoms with E-state index in [4.69, 9.17) is 0 Å². The van der Waals surface area contributed by atoms with Crippen LogP contribution in [0.15, 0.2) is 27.1 Å². The predicted molar refractivity (Wildman–Crippen MR) is 95.0 cm³/mol. The van der Waals surface area contributed by atoms with Gasteiger partial charge in [0.05, 0.1) is 21.5 Å². The number of nitrogens with one attached hydrogen (secondary N) is 1. The van der Waals surface area contributed by atoms with E-state index in [1.807, 2.05) is 11.6 Å². The van der Waals surface area contributed by atoms with E-state index >= 15 is 0 Å². The highest BCUT2D eigenvalue weighted by Gasteiger charge is 2.13. The van der Waals surface area contributed by atoms with E-state index in [1.165, 1.54) is 5.56 Å². The Morgan fingerprint density at radius 2 is 1.95 bits per heavy atom. The van der Waals surface area contributed by atoms with Crippen LogP contribution < -0.4 is 5.32 Å². The number of aromatic nitrogens is 2. The van der Waals surface area contributed by atoms with Gasteiger partial charge in [0.2, 0.25) is 0 Å². The molecule has 0 amide bonds. The van der Waals surface area contributed by atoms with Gasteiger partial charge in [0.25, 0.3) is 0 Å². The van der Waals surface area contributed by atoms with Gasteiger partial charge in [-0.15, -0.1) is 0 Å². The van der Waals surface area contributed by atoms with Crippen molar-refractivity contribution in [2.45, 2.75) is 34.2 Å². The average Bonchev–Trinajstić information content (AvgIpc) is 2.66. The fourth-order valence-electron chi connectivity index (χ4n) is 2.26. The summed E-state index contributed by atoms with van der Waals surface area (Å²) in [6.45, 7) is 10.4. The van der Waals surface area contributed by atoms with Crippen LogP contribution in [0.5, 0.6) is 0 Å². The van der Waals surface area contributed by atoms with Gasteiger partial charge in [0.15, 0.2) is 0 Å². The molecule has 0 unspecified atom stereocenters. The average molecular weight is 415 g/mol. The highest BCUT2D eigenvalue weighted by atomic mass is 79.9. The predicted octanol–water partition coefficient (Wildman–Crippen LogP) is 4.76. The summed E-state index contributed by atoms with van der Waals surface area (Å²) >= 11 is 7.16. The third-order valence-corrected chi connectivity index (χ3v) is 4.98. The fourth-order valence-corrected chi connectivity index (χ4v) is 2.91. The van der Waals surface area contributed by atoms with Crippen LogP contribution >= 0.6 is 31.9 Å². The van der Waals surface area contributed by atoms with Crippen LogP contribution in [-0.2, 0) is 6.54 Å². The summed E-state index contributed by atoms with van der Waals surface area (Å²) < 4.78 is 4.18. The molecule has 0 aliphatic carbocycles. The topological polar surface area (TPSA) is 29.9 Å². The summed E-state index contributed by atoms with van der Waals surface area (Å²) in [5.74, 6) is 0.642. The molecule has 1 aromatic heterocycles. The molecule has 1 N–H and O–H groups in total. The lowest BCUT2D eigenvalue weighted by Gasteiger charge is -2.14. The van der Waals surface area contributed by atoms with Crippen molar-refractivity contribution in [1.82, 2.24) is 15.1 Å². The lowest BCUT2D eigenvalue weighted by molar-refractivity contribution is 0.551. The molecule has 0 spiro atoms. The molecule has 3 nitrogen and oxygen atoms in total. The van der Waals surface area contributed by atoms with Gasteiger partial charge in [-0.1, -0.05) is 29.8 Å². The maximum Gasteiger partial charge on any atom is 0.0743 e. The second-order valence-corrected chi connectivity index (χ2v) is 7.40. The summed E-state index contributed by atoms with van der Waals surface area (Å²) in [6, 6.07) is 6.33. The summed E-state index contributed by atoms with van der Waals surface area (Å²) in [5, 5.41) is 8.15. The first-order valence-electron chi connectivity index (χ1n) is 7.11. The Kier molecular flexibility index (Phi) is 5.63. The molecule has 0 radical (unpaired) electrons. The Balaban J connectivity index is 2.36. The van der Waals surface area contributed by atoms with Crippen LogP contribution in [0.1, 0.15) is 30.8 Å². The van der Waals surface area contributed by atoms with Crippen LogP contribution in [0.2, 0.25) is 0 Å². The van der Waals surface area contributed by atoms with Gasteiger partial charge in [-0.2, -0.15) is 5.10 Å². The maximum atomic E-state index is 4.64. The molecule has 0 aliphatic rings. The zero-order valence-electron chi connectivity index (χ0n) is 12.9. The smallest absolute Gasteiger partial charge is 0.0743 e. The first-order chi connectivity index (χ1) is 9.90. The van der Waals surface area contributed by atoms with Crippen LogP contribution in [-0.4, -0.2) is 16.3 Å². The minimum Gasteiger partial charge on any atom is -0.312 e. The Hall–Kier alpha value is -0.650. The van der Waals surface area contributed by atoms with Crippen molar-refractivity contribution in [1.29, 1.82) is 0 Å². The van der Waals surface area contributed by atoms with E-state index in [0.717, 1.165) is 39.1 Å². The van der Waals surface area contributed by atoms with E-state index in [1.54, 1.807) is 0 Å². The molecule has 0 aliphatic heterocycles. The van der Waals surface area contributed by atoms with Crippen molar-refractivity contribution in [2.75, 3.05) is 6.54 Å². The zero-order valence-corrected chi connectivity index (χ0v) is 16.0. The van der Waals surface area contributed by atoms with Crippen LogP contribution in [0.3, 0.4) is 0 Å². The Labute approximate surface area is 143 Å². The van der Waals surface area contributed by atoms with Crippen molar-refractivity contribution in [3.63, 3.8) is 0 Å². The van der Waals surface area contributed by atoms with Crippen LogP contribution in [0.25, 0.3) is 5.69 Å². The molecule has 21 heavy (non-hydrogen) atoms. The van der Waals surface area contributed by atoms with Gasteiger partial charge in [0, 0.05) is 11.0 Å². The SMILES string of the molecule is Cc1nn(-c2ccc(Br)cc2CNCC(C)C)c(C)c1Br. The van der Waals surface area contributed by atoms with Crippen molar-refractivity contribution < 1.29 is 0 Å². The quantitative estimate of drug-likeness (QED) is 0.764. The molecule has 0 saturated carbocycles. The zero-order chi connectivity index (χ0) is 15.6. The Morgan fingerprint density at radius 1 is 1.24 bits per heavy atom. The second kappa shape index (κ2) is 7.07. The number of nitrogens with zero attached hydrogens (tertiary/aromatic N) is 2. The number of hydrogen-bond donors (Lipinski definition) is 1. The van der Waals surface area contributed by atoms with Crippen molar-refractivity contribution in [2.24, 2.45) is 5.92 Å². The number of rotatable bonds is 5. The van der Waals surface area contributed by atoms with E-state index < -0.39 is 0 Å². The lowest BCUT2D eigenvalue weighted by atomic mass is 10.1. The first kappa shape index (κ1) is 16.7. The summed E-state index contributed by atoms with van der Waals surface area (Å²) in [4.78, 5) is 0. The van der Waals surface area contributed by atoms with Crippen molar-refractivity contribution in [3.05, 3.63) is 44.1 Å².